The third-order valence-corrected chi connectivity index (χ3v) is 3.40. The van der Waals surface area contributed by atoms with Gasteiger partial charge in [-0.3, -0.25) is 9.59 Å². The number of nitrogens with zero attached hydrogens (tertiary/aromatic N) is 2. The first-order valence-electron chi connectivity index (χ1n) is 6.37. The molecule has 0 N–H and O–H groups in total. The van der Waals surface area contributed by atoms with Crippen LogP contribution in [-0.4, -0.2) is 43.3 Å². The fourth-order valence-electron chi connectivity index (χ4n) is 2.38. The number of hydrogen-bond acceptors (Lipinski definition) is 3. The number of benzene rings is 1. The fourth-order valence-corrected chi connectivity index (χ4v) is 2.38. The van der Waals surface area contributed by atoms with Crippen LogP contribution >= 0.6 is 0 Å². The Morgan fingerprint density at radius 1 is 1.26 bits per heavy atom. The lowest BCUT2D eigenvalue weighted by molar-refractivity contribution is -0.128. The molecule has 0 unspecified atom stereocenters. The minimum absolute atomic E-state index is 0.0663. The standard InChI is InChI=1S/C14H17FN2O2/c1-11(19)16-5-2-6-17(8-7-16)14-4-3-13(15)9-12(14)10-18/h3-4,9-10H,2,5-8H2,1H3. The van der Waals surface area contributed by atoms with Crippen LogP contribution in [0, 0.1) is 5.82 Å². The second kappa shape index (κ2) is 5.82. The SMILES string of the molecule is CC(=O)N1CCCN(c2ccc(F)cc2C=O)CC1. The van der Waals surface area contributed by atoms with Crippen LogP contribution in [0.5, 0.6) is 0 Å². The summed E-state index contributed by atoms with van der Waals surface area (Å²) in [6, 6.07) is 4.23. The van der Waals surface area contributed by atoms with Gasteiger partial charge in [0.25, 0.3) is 0 Å². The molecule has 0 bridgehead atoms. The molecule has 0 radical (unpaired) electrons. The number of aldehydes is 1. The Morgan fingerprint density at radius 2 is 2.05 bits per heavy atom. The van der Waals surface area contributed by atoms with Gasteiger partial charge < -0.3 is 9.80 Å². The highest BCUT2D eigenvalue weighted by molar-refractivity contribution is 5.84. The van der Waals surface area contributed by atoms with Crippen molar-refractivity contribution >= 4 is 17.9 Å². The van der Waals surface area contributed by atoms with Gasteiger partial charge >= 0.3 is 0 Å². The van der Waals surface area contributed by atoms with Crippen LogP contribution in [0.15, 0.2) is 18.2 Å². The fraction of sp³-hybridized carbons (Fsp3) is 0.429. The van der Waals surface area contributed by atoms with Crippen molar-refractivity contribution in [2.75, 3.05) is 31.1 Å². The topological polar surface area (TPSA) is 40.6 Å². The average Bonchev–Trinajstić information content (AvgIpc) is 2.64. The lowest BCUT2D eigenvalue weighted by Crippen LogP contribution is -2.33. The molecule has 0 atom stereocenters. The average molecular weight is 264 g/mol. The molecule has 1 aromatic rings. The van der Waals surface area contributed by atoms with Crippen LogP contribution in [0.4, 0.5) is 10.1 Å². The number of amides is 1. The lowest BCUT2D eigenvalue weighted by Gasteiger charge is -2.24. The first kappa shape index (κ1) is 13.5. The number of hydrogen-bond donors (Lipinski definition) is 0. The summed E-state index contributed by atoms with van der Waals surface area (Å²) in [7, 11) is 0. The predicted octanol–water partition coefficient (Wildman–Crippen LogP) is 1.70. The minimum Gasteiger partial charge on any atom is -0.369 e. The Balaban J connectivity index is 2.18. The molecule has 1 aromatic carbocycles. The number of anilines is 1. The van der Waals surface area contributed by atoms with Crippen molar-refractivity contribution in [3.05, 3.63) is 29.6 Å². The Bertz CT molecular complexity index is 490. The van der Waals surface area contributed by atoms with Crippen LogP contribution < -0.4 is 4.90 Å². The maximum Gasteiger partial charge on any atom is 0.219 e. The summed E-state index contributed by atoms with van der Waals surface area (Å²) in [5.41, 5.74) is 1.10. The van der Waals surface area contributed by atoms with Crippen LogP contribution in [0.3, 0.4) is 0 Å². The molecular formula is C14H17FN2O2. The zero-order valence-corrected chi connectivity index (χ0v) is 10.9. The molecule has 1 saturated heterocycles. The van der Waals surface area contributed by atoms with Gasteiger partial charge in [-0.1, -0.05) is 0 Å². The normalized spacial score (nSPS) is 16.1. The van der Waals surface area contributed by atoms with Crippen molar-refractivity contribution in [2.24, 2.45) is 0 Å². The van der Waals surface area contributed by atoms with Gasteiger partial charge in [-0.25, -0.2) is 4.39 Å². The zero-order valence-electron chi connectivity index (χ0n) is 10.9. The highest BCUT2D eigenvalue weighted by Gasteiger charge is 2.18. The highest BCUT2D eigenvalue weighted by Crippen LogP contribution is 2.21. The molecule has 5 heteroatoms. The van der Waals surface area contributed by atoms with Gasteiger partial charge in [0, 0.05) is 44.4 Å². The summed E-state index contributed by atoms with van der Waals surface area (Å²) in [6.07, 6.45) is 1.52. The number of carbonyl (C=O) groups is 2. The van der Waals surface area contributed by atoms with E-state index in [2.05, 4.69) is 0 Å². The van der Waals surface area contributed by atoms with Crippen LogP contribution in [0.25, 0.3) is 0 Å². The second-order valence-corrected chi connectivity index (χ2v) is 4.67. The van der Waals surface area contributed by atoms with Crippen molar-refractivity contribution in [1.82, 2.24) is 4.90 Å². The largest absolute Gasteiger partial charge is 0.369 e. The van der Waals surface area contributed by atoms with E-state index in [1.54, 1.807) is 17.9 Å². The first-order chi connectivity index (χ1) is 9.11. The molecule has 1 fully saturated rings. The maximum absolute atomic E-state index is 13.1. The maximum atomic E-state index is 13.1. The van der Waals surface area contributed by atoms with E-state index in [9.17, 15) is 14.0 Å². The van der Waals surface area contributed by atoms with E-state index in [1.807, 2.05) is 4.90 Å². The molecule has 0 aliphatic carbocycles. The van der Waals surface area contributed by atoms with E-state index in [4.69, 9.17) is 0 Å². The Morgan fingerprint density at radius 3 is 2.74 bits per heavy atom. The predicted molar refractivity (Wildman–Crippen MR) is 70.9 cm³/mol. The molecule has 1 aliphatic heterocycles. The number of rotatable bonds is 2. The molecule has 1 heterocycles. The van der Waals surface area contributed by atoms with Gasteiger partial charge in [0.1, 0.15) is 5.82 Å². The first-order valence-corrected chi connectivity index (χ1v) is 6.37. The lowest BCUT2D eigenvalue weighted by atomic mass is 10.1. The Hall–Kier alpha value is -1.91. The van der Waals surface area contributed by atoms with Crippen molar-refractivity contribution in [3.63, 3.8) is 0 Å². The molecule has 0 aromatic heterocycles. The summed E-state index contributed by atoms with van der Waals surface area (Å²) in [5, 5.41) is 0. The number of halogens is 1. The van der Waals surface area contributed by atoms with Crippen LogP contribution in [0.2, 0.25) is 0 Å². The molecule has 1 aliphatic rings. The zero-order chi connectivity index (χ0) is 13.8. The molecular weight excluding hydrogens is 247 g/mol. The summed E-state index contributed by atoms with van der Waals surface area (Å²) < 4.78 is 13.1. The molecule has 1 amide bonds. The smallest absolute Gasteiger partial charge is 0.219 e. The van der Waals surface area contributed by atoms with Crippen LogP contribution in [0.1, 0.15) is 23.7 Å². The van der Waals surface area contributed by atoms with Gasteiger partial charge in [-0.05, 0) is 24.6 Å². The molecule has 0 saturated carbocycles. The van der Waals surface area contributed by atoms with E-state index in [-0.39, 0.29) is 5.91 Å². The molecule has 0 spiro atoms. The third kappa shape index (κ3) is 3.10. The van der Waals surface area contributed by atoms with Crippen molar-refractivity contribution < 1.29 is 14.0 Å². The van der Waals surface area contributed by atoms with E-state index in [0.717, 1.165) is 25.2 Å². The summed E-state index contributed by atoms with van der Waals surface area (Å²) in [5.74, 6) is -0.345. The summed E-state index contributed by atoms with van der Waals surface area (Å²) >= 11 is 0. The van der Waals surface area contributed by atoms with E-state index in [1.165, 1.54) is 12.1 Å². The quantitative estimate of drug-likeness (QED) is 0.763. The van der Waals surface area contributed by atoms with E-state index >= 15 is 0 Å². The molecule has 4 nitrogen and oxygen atoms in total. The third-order valence-electron chi connectivity index (χ3n) is 3.40. The van der Waals surface area contributed by atoms with Crippen molar-refractivity contribution in [2.45, 2.75) is 13.3 Å². The molecule has 102 valence electrons. The van der Waals surface area contributed by atoms with Gasteiger partial charge in [0.2, 0.25) is 5.91 Å². The molecule has 19 heavy (non-hydrogen) atoms. The van der Waals surface area contributed by atoms with Crippen molar-refractivity contribution in [1.29, 1.82) is 0 Å². The Labute approximate surface area is 111 Å². The van der Waals surface area contributed by atoms with Gasteiger partial charge in [0.05, 0.1) is 0 Å². The van der Waals surface area contributed by atoms with Gasteiger partial charge in [0.15, 0.2) is 6.29 Å². The molecule has 2 rings (SSSR count). The monoisotopic (exact) mass is 264 g/mol. The summed E-state index contributed by atoms with van der Waals surface area (Å²) in [6.45, 7) is 4.33. The van der Waals surface area contributed by atoms with Crippen LogP contribution in [-0.2, 0) is 4.79 Å². The number of carbonyl (C=O) groups excluding carboxylic acids is 2. The van der Waals surface area contributed by atoms with E-state index in [0.29, 0.717) is 24.9 Å². The van der Waals surface area contributed by atoms with Gasteiger partial charge in [-0.15, -0.1) is 0 Å². The second-order valence-electron chi connectivity index (χ2n) is 4.67. The highest BCUT2D eigenvalue weighted by atomic mass is 19.1. The van der Waals surface area contributed by atoms with E-state index < -0.39 is 5.82 Å². The minimum atomic E-state index is -0.411. The van der Waals surface area contributed by atoms with Gasteiger partial charge in [-0.2, -0.15) is 0 Å². The Kier molecular flexibility index (Phi) is 4.14. The summed E-state index contributed by atoms with van der Waals surface area (Å²) in [4.78, 5) is 26.2. The van der Waals surface area contributed by atoms with Crippen molar-refractivity contribution in [3.8, 4) is 0 Å².